The van der Waals surface area contributed by atoms with Gasteiger partial charge >= 0.3 is 6.18 Å². The summed E-state index contributed by atoms with van der Waals surface area (Å²) in [5.74, 6) is -0.218. The molecule has 0 aromatic carbocycles. The summed E-state index contributed by atoms with van der Waals surface area (Å²) in [5, 5.41) is 8.85. The second-order valence-corrected chi connectivity index (χ2v) is 5.68. The average molecular weight is 328 g/mol. The predicted octanol–water partition coefficient (Wildman–Crippen LogP) is 2.17. The van der Waals surface area contributed by atoms with E-state index >= 15 is 0 Å². The summed E-state index contributed by atoms with van der Waals surface area (Å²) in [6, 6.07) is 5.85. The van der Waals surface area contributed by atoms with Crippen LogP contribution in [0.5, 0.6) is 0 Å². The molecule has 2 aromatic rings. The lowest BCUT2D eigenvalue weighted by atomic mass is 10.3. The van der Waals surface area contributed by atoms with Gasteiger partial charge in [0.15, 0.2) is 5.82 Å². The predicted molar refractivity (Wildman–Crippen MR) is 69.0 cm³/mol. The molecule has 1 N–H and O–H groups in total. The van der Waals surface area contributed by atoms with E-state index in [4.69, 9.17) is 5.26 Å². The second kappa shape index (κ2) is 5.61. The third-order valence-electron chi connectivity index (χ3n) is 2.50. The van der Waals surface area contributed by atoms with Gasteiger partial charge in [-0.05, 0) is 24.3 Å². The van der Waals surface area contributed by atoms with Gasteiger partial charge in [0.25, 0.3) is 10.0 Å². The first-order chi connectivity index (χ1) is 10.2. The van der Waals surface area contributed by atoms with Gasteiger partial charge in [0.2, 0.25) is 0 Å². The number of rotatable bonds is 3. The highest BCUT2D eigenvalue weighted by molar-refractivity contribution is 7.92. The van der Waals surface area contributed by atoms with E-state index in [1.807, 2.05) is 4.72 Å². The van der Waals surface area contributed by atoms with Gasteiger partial charge in [-0.15, -0.1) is 0 Å². The maximum atomic E-state index is 12.4. The molecule has 0 spiro atoms. The van der Waals surface area contributed by atoms with E-state index < -0.39 is 26.8 Å². The van der Waals surface area contributed by atoms with Crippen LogP contribution in [0.1, 0.15) is 11.3 Å². The Morgan fingerprint density at radius 3 is 2.45 bits per heavy atom. The van der Waals surface area contributed by atoms with Crippen LogP contribution in [-0.2, 0) is 16.2 Å². The van der Waals surface area contributed by atoms with Gasteiger partial charge in [-0.1, -0.05) is 0 Å². The third kappa shape index (κ3) is 3.32. The average Bonchev–Trinajstić information content (AvgIpc) is 2.47. The first-order valence-corrected chi connectivity index (χ1v) is 7.13. The Kier molecular flexibility index (Phi) is 4.01. The minimum absolute atomic E-state index is 0.0223. The largest absolute Gasteiger partial charge is 0.433 e. The Morgan fingerprint density at radius 2 is 1.91 bits per heavy atom. The molecule has 2 rings (SSSR count). The number of hydrogen-bond donors (Lipinski definition) is 1. The fraction of sp³-hybridized carbons (Fsp3) is 0.0833. The fourth-order valence-electron chi connectivity index (χ4n) is 1.47. The van der Waals surface area contributed by atoms with E-state index in [1.54, 1.807) is 6.07 Å². The van der Waals surface area contributed by atoms with Crippen molar-refractivity contribution in [2.24, 2.45) is 0 Å². The molecule has 6 nitrogen and oxygen atoms in total. The summed E-state index contributed by atoms with van der Waals surface area (Å²) >= 11 is 0. The van der Waals surface area contributed by atoms with Crippen molar-refractivity contribution in [1.82, 2.24) is 9.97 Å². The molecule has 0 aliphatic heterocycles. The minimum Gasteiger partial charge on any atom is -0.262 e. The van der Waals surface area contributed by atoms with Gasteiger partial charge in [-0.3, -0.25) is 9.71 Å². The van der Waals surface area contributed by atoms with Crippen molar-refractivity contribution < 1.29 is 21.6 Å². The van der Waals surface area contributed by atoms with Crippen LogP contribution in [0.2, 0.25) is 0 Å². The zero-order valence-corrected chi connectivity index (χ0v) is 11.5. The summed E-state index contributed by atoms with van der Waals surface area (Å²) in [6.07, 6.45) is -2.81. The Labute approximate surface area is 123 Å². The molecular weight excluding hydrogens is 321 g/mol. The van der Waals surface area contributed by atoms with Crippen LogP contribution in [0.3, 0.4) is 0 Å². The lowest BCUT2D eigenvalue weighted by molar-refractivity contribution is -0.141. The topological polar surface area (TPSA) is 95.7 Å². The number of nitrogens with zero attached hydrogens (tertiary/aromatic N) is 3. The van der Waals surface area contributed by atoms with Crippen LogP contribution in [0.25, 0.3) is 0 Å². The Hall–Kier alpha value is -2.67. The van der Waals surface area contributed by atoms with Crippen LogP contribution in [0.15, 0.2) is 41.6 Å². The molecule has 22 heavy (non-hydrogen) atoms. The molecule has 0 amide bonds. The van der Waals surface area contributed by atoms with Crippen molar-refractivity contribution in [3.8, 4) is 6.07 Å². The number of pyridine rings is 2. The summed E-state index contributed by atoms with van der Waals surface area (Å²) < 4.78 is 63.3. The molecule has 0 radical (unpaired) electrons. The van der Waals surface area contributed by atoms with Crippen molar-refractivity contribution in [3.63, 3.8) is 0 Å². The van der Waals surface area contributed by atoms with Gasteiger partial charge in [0.05, 0.1) is 5.56 Å². The molecule has 10 heteroatoms. The highest BCUT2D eigenvalue weighted by Gasteiger charge is 2.32. The highest BCUT2D eigenvalue weighted by Crippen LogP contribution is 2.28. The van der Waals surface area contributed by atoms with Gasteiger partial charge < -0.3 is 0 Å². The molecule has 0 fully saturated rings. The maximum absolute atomic E-state index is 12.4. The molecule has 0 saturated heterocycles. The van der Waals surface area contributed by atoms with Crippen molar-refractivity contribution in [2.45, 2.75) is 11.1 Å². The van der Waals surface area contributed by atoms with Crippen LogP contribution in [-0.4, -0.2) is 18.4 Å². The summed E-state index contributed by atoms with van der Waals surface area (Å²) in [5.41, 5.74) is -1.23. The molecule has 0 aliphatic rings. The molecule has 0 aliphatic carbocycles. The summed E-state index contributed by atoms with van der Waals surface area (Å²) in [6.45, 7) is 0. The van der Waals surface area contributed by atoms with E-state index in [-0.39, 0.29) is 11.4 Å². The van der Waals surface area contributed by atoms with Gasteiger partial charge in [0.1, 0.15) is 16.7 Å². The van der Waals surface area contributed by atoms with Gasteiger partial charge in [-0.25, -0.2) is 13.4 Å². The molecule has 0 bridgehead atoms. The van der Waals surface area contributed by atoms with Crippen LogP contribution in [0.4, 0.5) is 19.0 Å². The van der Waals surface area contributed by atoms with Gasteiger partial charge in [-0.2, -0.15) is 18.4 Å². The fourth-order valence-corrected chi connectivity index (χ4v) is 2.44. The van der Waals surface area contributed by atoms with Crippen LogP contribution >= 0.6 is 0 Å². The van der Waals surface area contributed by atoms with E-state index in [0.717, 1.165) is 6.07 Å². The smallest absolute Gasteiger partial charge is 0.262 e. The summed E-state index contributed by atoms with van der Waals surface area (Å²) in [7, 11) is -4.20. The number of alkyl halides is 3. The number of nitrogens with one attached hydrogen (secondary N) is 1. The zero-order valence-electron chi connectivity index (χ0n) is 10.7. The maximum Gasteiger partial charge on any atom is 0.433 e. The second-order valence-electron chi connectivity index (χ2n) is 3.99. The Balaban J connectivity index is 2.33. The lowest BCUT2D eigenvalue weighted by Crippen LogP contribution is -2.16. The third-order valence-corrected chi connectivity index (χ3v) is 3.82. The Morgan fingerprint density at radius 1 is 1.18 bits per heavy atom. The number of anilines is 1. The normalized spacial score (nSPS) is 11.7. The van der Waals surface area contributed by atoms with E-state index in [2.05, 4.69) is 9.97 Å². The van der Waals surface area contributed by atoms with Crippen molar-refractivity contribution >= 4 is 15.8 Å². The van der Waals surface area contributed by atoms with E-state index in [0.29, 0.717) is 12.3 Å². The quantitative estimate of drug-likeness (QED) is 0.931. The monoisotopic (exact) mass is 328 g/mol. The highest BCUT2D eigenvalue weighted by atomic mass is 32.2. The Bertz CT molecular complexity index is 827. The molecule has 114 valence electrons. The van der Waals surface area contributed by atoms with Crippen molar-refractivity contribution in [2.75, 3.05) is 4.72 Å². The minimum atomic E-state index is -4.66. The summed E-state index contributed by atoms with van der Waals surface area (Å²) in [4.78, 5) is 6.30. The SMILES string of the molecule is N#Cc1cccnc1NS(=O)(=O)c1ccc(C(F)(F)F)nc1. The number of hydrogen-bond acceptors (Lipinski definition) is 5. The molecule has 0 atom stereocenters. The molecule has 2 heterocycles. The number of aromatic nitrogens is 2. The number of nitriles is 1. The molecule has 0 unspecified atom stereocenters. The zero-order chi connectivity index (χ0) is 16.4. The molecule has 2 aromatic heterocycles. The lowest BCUT2D eigenvalue weighted by Gasteiger charge is -2.09. The van der Waals surface area contributed by atoms with Gasteiger partial charge in [0, 0.05) is 12.4 Å². The van der Waals surface area contributed by atoms with Crippen molar-refractivity contribution in [3.05, 3.63) is 47.9 Å². The van der Waals surface area contributed by atoms with Crippen LogP contribution < -0.4 is 4.72 Å². The van der Waals surface area contributed by atoms with E-state index in [1.165, 1.54) is 18.3 Å². The molecular formula is C12H7F3N4O2S. The first kappa shape index (κ1) is 15.7. The van der Waals surface area contributed by atoms with Crippen molar-refractivity contribution in [1.29, 1.82) is 5.26 Å². The standard InChI is InChI=1S/C12H7F3N4O2S/c13-12(14,15)10-4-3-9(7-18-10)22(20,21)19-11-8(6-16)2-1-5-17-11/h1-5,7H,(H,17,19). The number of sulfonamides is 1. The first-order valence-electron chi connectivity index (χ1n) is 5.65. The van der Waals surface area contributed by atoms with E-state index in [9.17, 15) is 21.6 Å². The number of halogens is 3. The van der Waals surface area contributed by atoms with Crippen LogP contribution in [0, 0.1) is 11.3 Å². The molecule has 0 saturated carbocycles.